The number of nitriles is 1. The summed E-state index contributed by atoms with van der Waals surface area (Å²) >= 11 is 5.55. The zero-order chi connectivity index (χ0) is 12.0. The molecule has 84 valence electrons. The van der Waals surface area contributed by atoms with Crippen molar-refractivity contribution in [2.75, 3.05) is 0 Å². The number of nitrogens with one attached hydrogen (secondary N) is 1. The molecule has 1 atom stereocenters. The van der Waals surface area contributed by atoms with E-state index in [2.05, 4.69) is 15.5 Å². The second-order valence-corrected chi connectivity index (χ2v) is 3.57. The second kappa shape index (κ2) is 6.03. The molecular weight excluding hydrogens is 228 g/mol. The Morgan fingerprint density at radius 2 is 2.38 bits per heavy atom. The zero-order valence-corrected chi connectivity index (χ0v) is 9.53. The Morgan fingerprint density at radius 1 is 1.62 bits per heavy atom. The first-order chi connectivity index (χ1) is 7.67. The number of rotatable bonds is 4. The first-order valence-corrected chi connectivity index (χ1v) is 5.22. The summed E-state index contributed by atoms with van der Waals surface area (Å²) in [5, 5.41) is 18.7. The lowest BCUT2D eigenvalue weighted by atomic mass is 10.1. The minimum absolute atomic E-state index is 0.157. The van der Waals surface area contributed by atoms with Crippen LogP contribution in [0.15, 0.2) is 12.1 Å². The van der Waals surface area contributed by atoms with Gasteiger partial charge in [0.25, 0.3) is 5.91 Å². The Balaban J connectivity index is 2.65. The van der Waals surface area contributed by atoms with Gasteiger partial charge in [0.1, 0.15) is 0 Å². The van der Waals surface area contributed by atoms with Crippen molar-refractivity contribution in [3.05, 3.63) is 23.0 Å². The lowest BCUT2D eigenvalue weighted by Crippen LogP contribution is -2.34. The second-order valence-electron chi connectivity index (χ2n) is 3.18. The number of carbonyl (C=O) groups is 1. The first-order valence-electron chi connectivity index (χ1n) is 4.84. The van der Waals surface area contributed by atoms with Crippen molar-refractivity contribution in [1.82, 2.24) is 15.5 Å². The Morgan fingerprint density at radius 3 is 2.88 bits per heavy atom. The molecular formula is C10H11ClN4O. The molecule has 0 aliphatic carbocycles. The molecule has 1 rings (SSSR count). The molecule has 1 heterocycles. The van der Waals surface area contributed by atoms with Crippen LogP contribution in [-0.2, 0) is 0 Å². The number of carbonyl (C=O) groups excluding carboxylic acids is 1. The summed E-state index contributed by atoms with van der Waals surface area (Å²) in [6.07, 6.45) is 0.976. The molecule has 1 N–H and O–H groups in total. The summed E-state index contributed by atoms with van der Waals surface area (Å²) in [6, 6.07) is 4.84. The maximum Gasteiger partial charge on any atom is 0.272 e. The zero-order valence-electron chi connectivity index (χ0n) is 8.77. The minimum Gasteiger partial charge on any atom is -0.347 e. The van der Waals surface area contributed by atoms with Crippen LogP contribution in [0.4, 0.5) is 0 Å². The fraction of sp³-hybridized carbons (Fsp3) is 0.400. The van der Waals surface area contributed by atoms with E-state index in [4.69, 9.17) is 16.9 Å². The largest absolute Gasteiger partial charge is 0.347 e. The summed E-state index contributed by atoms with van der Waals surface area (Å²) in [4.78, 5) is 11.6. The Labute approximate surface area is 98.4 Å². The number of hydrogen-bond acceptors (Lipinski definition) is 4. The van der Waals surface area contributed by atoms with Gasteiger partial charge in [0.2, 0.25) is 0 Å². The molecule has 0 aliphatic heterocycles. The Hall–Kier alpha value is -1.67. The molecule has 0 saturated heterocycles. The summed E-state index contributed by atoms with van der Waals surface area (Å²) in [6.45, 7) is 1.90. The van der Waals surface area contributed by atoms with Crippen molar-refractivity contribution in [2.45, 2.75) is 25.8 Å². The van der Waals surface area contributed by atoms with Gasteiger partial charge < -0.3 is 5.32 Å². The van der Waals surface area contributed by atoms with Crippen LogP contribution in [0, 0.1) is 11.3 Å². The van der Waals surface area contributed by atoms with Gasteiger partial charge >= 0.3 is 0 Å². The number of amides is 1. The van der Waals surface area contributed by atoms with E-state index < -0.39 is 0 Å². The lowest BCUT2D eigenvalue weighted by molar-refractivity contribution is 0.0930. The number of nitrogens with zero attached hydrogens (tertiary/aromatic N) is 3. The van der Waals surface area contributed by atoms with E-state index in [1.807, 2.05) is 13.0 Å². The first kappa shape index (κ1) is 12.4. The fourth-order valence-electron chi connectivity index (χ4n) is 1.10. The third kappa shape index (κ3) is 3.48. The highest BCUT2D eigenvalue weighted by Gasteiger charge is 2.13. The van der Waals surface area contributed by atoms with Gasteiger partial charge in [-0.3, -0.25) is 4.79 Å². The van der Waals surface area contributed by atoms with Crippen molar-refractivity contribution in [2.24, 2.45) is 0 Å². The Kier molecular flexibility index (Phi) is 4.67. The van der Waals surface area contributed by atoms with E-state index in [1.165, 1.54) is 12.1 Å². The molecule has 0 fully saturated rings. The standard InChI is InChI=1S/C10H11ClN4O/c1-2-7(5-6-12)13-10(16)8-3-4-9(11)15-14-8/h3-4,7H,2,5H2,1H3,(H,13,16). The summed E-state index contributed by atoms with van der Waals surface area (Å²) in [5.74, 6) is -0.341. The third-order valence-electron chi connectivity index (χ3n) is 2.03. The summed E-state index contributed by atoms with van der Waals surface area (Å²) in [5.41, 5.74) is 0.195. The SMILES string of the molecule is CCC(CC#N)NC(=O)c1ccc(Cl)nn1. The topological polar surface area (TPSA) is 78.7 Å². The van der Waals surface area contributed by atoms with E-state index in [1.54, 1.807) is 0 Å². The van der Waals surface area contributed by atoms with Crippen LogP contribution in [-0.4, -0.2) is 22.1 Å². The molecule has 0 radical (unpaired) electrons. The number of halogens is 1. The molecule has 0 saturated carbocycles. The van der Waals surface area contributed by atoms with Gasteiger partial charge in [-0.2, -0.15) is 5.26 Å². The monoisotopic (exact) mass is 238 g/mol. The van der Waals surface area contributed by atoms with Gasteiger partial charge in [-0.1, -0.05) is 18.5 Å². The quantitative estimate of drug-likeness (QED) is 0.863. The molecule has 0 spiro atoms. The van der Waals surface area contributed by atoms with Gasteiger partial charge in [-0.05, 0) is 18.6 Å². The van der Waals surface area contributed by atoms with Crippen LogP contribution in [0.25, 0.3) is 0 Å². The van der Waals surface area contributed by atoms with Gasteiger partial charge in [0, 0.05) is 6.04 Å². The molecule has 0 bridgehead atoms. The summed E-state index contributed by atoms with van der Waals surface area (Å²) < 4.78 is 0. The average Bonchev–Trinajstić information content (AvgIpc) is 2.29. The average molecular weight is 239 g/mol. The van der Waals surface area contributed by atoms with E-state index in [-0.39, 0.29) is 29.2 Å². The van der Waals surface area contributed by atoms with Crippen LogP contribution in [0.5, 0.6) is 0 Å². The van der Waals surface area contributed by atoms with E-state index in [9.17, 15) is 4.79 Å². The molecule has 6 heteroatoms. The molecule has 5 nitrogen and oxygen atoms in total. The van der Waals surface area contributed by atoms with Gasteiger partial charge in [-0.25, -0.2) is 0 Å². The normalized spacial score (nSPS) is 11.6. The smallest absolute Gasteiger partial charge is 0.272 e. The van der Waals surface area contributed by atoms with Gasteiger partial charge in [0.05, 0.1) is 12.5 Å². The Bertz CT molecular complexity index is 398. The molecule has 0 aromatic carbocycles. The van der Waals surface area contributed by atoms with Crippen molar-refractivity contribution < 1.29 is 4.79 Å². The molecule has 1 aromatic heterocycles. The third-order valence-corrected chi connectivity index (χ3v) is 2.23. The molecule has 1 unspecified atom stereocenters. The summed E-state index contributed by atoms with van der Waals surface area (Å²) in [7, 11) is 0. The maximum atomic E-state index is 11.6. The van der Waals surface area contributed by atoms with Crippen molar-refractivity contribution in [3.63, 3.8) is 0 Å². The van der Waals surface area contributed by atoms with Crippen molar-refractivity contribution >= 4 is 17.5 Å². The van der Waals surface area contributed by atoms with E-state index >= 15 is 0 Å². The predicted molar refractivity (Wildman–Crippen MR) is 58.8 cm³/mol. The molecule has 1 aromatic rings. The highest BCUT2D eigenvalue weighted by atomic mass is 35.5. The van der Waals surface area contributed by atoms with Crippen LogP contribution >= 0.6 is 11.6 Å². The van der Waals surface area contributed by atoms with Crippen LogP contribution in [0.2, 0.25) is 5.15 Å². The highest BCUT2D eigenvalue weighted by molar-refractivity contribution is 6.29. The van der Waals surface area contributed by atoms with Crippen molar-refractivity contribution in [3.8, 4) is 6.07 Å². The van der Waals surface area contributed by atoms with Gasteiger partial charge in [0.15, 0.2) is 10.8 Å². The molecule has 16 heavy (non-hydrogen) atoms. The maximum absolute atomic E-state index is 11.6. The number of aromatic nitrogens is 2. The molecule has 1 amide bonds. The highest BCUT2D eigenvalue weighted by Crippen LogP contribution is 2.03. The van der Waals surface area contributed by atoms with Crippen LogP contribution in [0.3, 0.4) is 0 Å². The molecule has 0 aliphatic rings. The van der Waals surface area contributed by atoms with Crippen LogP contribution < -0.4 is 5.32 Å². The van der Waals surface area contributed by atoms with Gasteiger partial charge in [-0.15, -0.1) is 10.2 Å². The minimum atomic E-state index is -0.341. The van der Waals surface area contributed by atoms with E-state index in [0.717, 1.165) is 0 Å². The van der Waals surface area contributed by atoms with E-state index in [0.29, 0.717) is 6.42 Å². The predicted octanol–water partition coefficient (Wildman–Crippen LogP) is 1.55. The van der Waals surface area contributed by atoms with Crippen molar-refractivity contribution in [1.29, 1.82) is 5.26 Å². The number of hydrogen-bond donors (Lipinski definition) is 1. The fourth-order valence-corrected chi connectivity index (χ4v) is 1.20. The lowest BCUT2D eigenvalue weighted by Gasteiger charge is -2.12. The van der Waals surface area contributed by atoms with Crippen LogP contribution in [0.1, 0.15) is 30.3 Å².